The monoisotopic (exact) mass is 345 g/mol. The lowest BCUT2D eigenvalue weighted by molar-refractivity contribution is -0.150. The second-order valence-corrected chi connectivity index (χ2v) is 5.83. The van der Waals surface area contributed by atoms with Gasteiger partial charge in [-0.05, 0) is 56.6 Å². The fourth-order valence-electron chi connectivity index (χ4n) is 2.17. The van der Waals surface area contributed by atoms with Crippen LogP contribution in [0.1, 0.15) is 38.6 Å². The van der Waals surface area contributed by atoms with Gasteiger partial charge in [0.2, 0.25) is 0 Å². The molecule has 1 aromatic heterocycles. The van der Waals surface area contributed by atoms with Crippen LogP contribution in [0.3, 0.4) is 0 Å². The Bertz CT molecular complexity index is 473. The first-order valence-corrected chi connectivity index (χ1v) is 7.76. The number of carbonyl (C=O) groups excluding carboxylic acids is 1. The topological polar surface area (TPSA) is 56.2 Å². The number of nitrogens with zero attached hydrogens (tertiary/aromatic N) is 2. The molecule has 1 rings (SSSR count). The summed E-state index contributed by atoms with van der Waals surface area (Å²) in [6.07, 6.45) is 0.633. The van der Waals surface area contributed by atoms with E-state index in [0.717, 1.165) is 22.4 Å². The molecule has 0 aliphatic carbocycles. The third-order valence-electron chi connectivity index (χ3n) is 3.41. The van der Waals surface area contributed by atoms with Gasteiger partial charge in [-0.2, -0.15) is 5.10 Å². The Kier molecular flexibility index (Phi) is 6.20. The number of carbonyl (C=O) groups is 1. The quantitative estimate of drug-likeness (QED) is 0.771. The Morgan fingerprint density at radius 2 is 2.10 bits per heavy atom. The van der Waals surface area contributed by atoms with Gasteiger partial charge in [0.15, 0.2) is 0 Å². The summed E-state index contributed by atoms with van der Waals surface area (Å²) in [5.41, 5.74) is 1.36. The number of hydrogen-bond donors (Lipinski definition) is 1. The maximum Gasteiger partial charge on any atom is 0.326 e. The Morgan fingerprint density at radius 3 is 2.55 bits per heavy atom. The number of esters is 1. The van der Waals surface area contributed by atoms with Gasteiger partial charge in [0.1, 0.15) is 5.54 Å². The zero-order chi connectivity index (χ0) is 15.3. The molecule has 1 heterocycles. The van der Waals surface area contributed by atoms with Gasteiger partial charge in [-0.15, -0.1) is 0 Å². The molecule has 1 atom stereocenters. The van der Waals surface area contributed by atoms with Crippen LogP contribution in [0.25, 0.3) is 0 Å². The zero-order valence-electron chi connectivity index (χ0n) is 12.9. The second kappa shape index (κ2) is 7.22. The molecule has 5 nitrogen and oxygen atoms in total. The van der Waals surface area contributed by atoms with Crippen molar-refractivity contribution in [2.24, 2.45) is 0 Å². The average Bonchev–Trinajstić information content (AvgIpc) is 2.64. The van der Waals surface area contributed by atoms with E-state index in [-0.39, 0.29) is 5.97 Å². The van der Waals surface area contributed by atoms with Crippen LogP contribution < -0.4 is 5.32 Å². The van der Waals surface area contributed by atoms with Crippen LogP contribution in [0.4, 0.5) is 0 Å². The van der Waals surface area contributed by atoms with Crippen LogP contribution in [0.5, 0.6) is 0 Å². The first-order valence-electron chi connectivity index (χ1n) is 6.97. The standard InChI is InChI=1S/C14H24BrN3O2/c1-6-16-14(5,13(19)20-7-2)8-9-18-11(4)12(15)10(3)17-18/h16H,6-9H2,1-5H3. The molecule has 0 radical (unpaired) electrons. The minimum atomic E-state index is -0.677. The third kappa shape index (κ3) is 3.82. The number of rotatable bonds is 7. The zero-order valence-corrected chi connectivity index (χ0v) is 14.5. The highest BCUT2D eigenvalue weighted by Crippen LogP contribution is 2.21. The fraction of sp³-hybridized carbons (Fsp3) is 0.714. The number of nitrogens with one attached hydrogen (secondary N) is 1. The highest BCUT2D eigenvalue weighted by atomic mass is 79.9. The van der Waals surface area contributed by atoms with Crippen LogP contribution in [-0.2, 0) is 16.1 Å². The average molecular weight is 346 g/mol. The first kappa shape index (κ1) is 17.2. The molecular weight excluding hydrogens is 322 g/mol. The fourth-order valence-corrected chi connectivity index (χ4v) is 2.45. The van der Waals surface area contributed by atoms with Crippen molar-refractivity contribution in [1.82, 2.24) is 15.1 Å². The lowest BCUT2D eigenvalue weighted by Crippen LogP contribution is -2.51. The maximum absolute atomic E-state index is 12.1. The van der Waals surface area contributed by atoms with Crippen molar-refractivity contribution < 1.29 is 9.53 Å². The van der Waals surface area contributed by atoms with E-state index < -0.39 is 5.54 Å². The van der Waals surface area contributed by atoms with Crippen molar-refractivity contribution in [3.63, 3.8) is 0 Å². The molecule has 0 aliphatic rings. The second-order valence-electron chi connectivity index (χ2n) is 5.04. The van der Waals surface area contributed by atoms with E-state index in [1.807, 2.05) is 39.3 Å². The van der Waals surface area contributed by atoms with Crippen LogP contribution in [0, 0.1) is 13.8 Å². The molecule has 0 aliphatic heterocycles. The minimum absolute atomic E-state index is 0.206. The third-order valence-corrected chi connectivity index (χ3v) is 4.56. The van der Waals surface area contributed by atoms with Crippen molar-refractivity contribution in [2.45, 2.75) is 53.1 Å². The Morgan fingerprint density at radius 1 is 1.45 bits per heavy atom. The molecule has 0 saturated carbocycles. The molecule has 1 N–H and O–H groups in total. The van der Waals surface area contributed by atoms with Gasteiger partial charge < -0.3 is 10.1 Å². The summed E-state index contributed by atoms with van der Waals surface area (Å²) in [4.78, 5) is 12.1. The number of ether oxygens (including phenoxy) is 1. The Hall–Kier alpha value is -0.880. The van der Waals surface area contributed by atoms with E-state index in [9.17, 15) is 4.79 Å². The molecule has 20 heavy (non-hydrogen) atoms. The van der Waals surface area contributed by atoms with E-state index >= 15 is 0 Å². The molecule has 0 saturated heterocycles. The van der Waals surface area contributed by atoms with Crippen molar-refractivity contribution in [3.8, 4) is 0 Å². The highest BCUT2D eigenvalue weighted by molar-refractivity contribution is 9.10. The normalized spacial score (nSPS) is 14.1. The van der Waals surface area contributed by atoms with Crippen molar-refractivity contribution in [1.29, 1.82) is 0 Å². The number of hydrogen-bond acceptors (Lipinski definition) is 4. The number of aromatic nitrogens is 2. The van der Waals surface area contributed by atoms with Gasteiger partial charge >= 0.3 is 5.97 Å². The number of halogens is 1. The van der Waals surface area contributed by atoms with Gasteiger partial charge in [-0.1, -0.05) is 6.92 Å². The van der Waals surface area contributed by atoms with Gasteiger partial charge in [0.05, 0.1) is 16.8 Å². The smallest absolute Gasteiger partial charge is 0.326 e. The largest absolute Gasteiger partial charge is 0.465 e. The lowest BCUT2D eigenvalue weighted by atomic mass is 9.98. The van der Waals surface area contributed by atoms with Crippen molar-refractivity contribution >= 4 is 21.9 Å². The van der Waals surface area contributed by atoms with E-state index in [0.29, 0.717) is 19.6 Å². The van der Waals surface area contributed by atoms with Crippen LogP contribution in [0.2, 0.25) is 0 Å². The first-order chi connectivity index (χ1) is 9.35. The highest BCUT2D eigenvalue weighted by Gasteiger charge is 2.33. The summed E-state index contributed by atoms with van der Waals surface area (Å²) < 4.78 is 8.12. The maximum atomic E-state index is 12.1. The lowest BCUT2D eigenvalue weighted by Gasteiger charge is -2.28. The molecule has 0 fully saturated rings. The van der Waals surface area contributed by atoms with Crippen LogP contribution >= 0.6 is 15.9 Å². The Balaban J connectivity index is 2.81. The van der Waals surface area contributed by atoms with Crippen LogP contribution in [-0.4, -0.2) is 34.4 Å². The summed E-state index contributed by atoms with van der Waals surface area (Å²) in [7, 11) is 0. The molecule has 1 aromatic rings. The molecule has 0 aromatic carbocycles. The molecule has 0 spiro atoms. The number of likely N-dealkylation sites (N-methyl/N-ethyl adjacent to an activating group) is 1. The predicted molar refractivity (Wildman–Crippen MR) is 82.7 cm³/mol. The van der Waals surface area contributed by atoms with Gasteiger partial charge in [-0.25, -0.2) is 0 Å². The van der Waals surface area contributed by atoms with E-state index in [4.69, 9.17) is 4.74 Å². The van der Waals surface area contributed by atoms with Crippen LogP contribution in [0.15, 0.2) is 4.47 Å². The molecule has 114 valence electrons. The van der Waals surface area contributed by atoms with Crippen molar-refractivity contribution in [3.05, 3.63) is 15.9 Å². The van der Waals surface area contributed by atoms with E-state index in [1.54, 1.807) is 0 Å². The predicted octanol–water partition coefficient (Wildman–Crippen LogP) is 2.58. The van der Waals surface area contributed by atoms with E-state index in [2.05, 4.69) is 26.3 Å². The summed E-state index contributed by atoms with van der Waals surface area (Å²) in [5, 5.41) is 7.70. The molecule has 0 bridgehead atoms. The molecule has 6 heteroatoms. The van der Waals surface area contributed by atoms with Gasteiger partial charge in [0.25, 0.3) is 0 Å². The number of aryl methyl sites for hydroxylation is 2. The van der Waals surface area contributed by atoms with Gasteiger partial charge in [0, 0.05) is 12.2 Å². The van der Waals surface area contributed by atoms with Crippen molar-refractivity contribution in [2.75, 3.05) is 13.2 Å². The van der Waals surface area contributed by atoms with E-state index in [1.165, 1.54) is 0 Å². The molecule has 0 amide bonds. The summed E-state index contributed by atoms with van der Waals surface area (Å²) >= 11 is 3.51. The summed E-state index contributed by atoms with van der Waals surface area (Å²) in [6, 6.07) is 0. The summed E-state index contributed by atoms with van der Waals surface area (Å²) in [6.45, 7) is 11.4. The molecular formula is C14H24BrN3O2. The minimum Gasteiger partial charge on any atom is -0.465 e. The molecule has 1 unspecified atom stereocenters. The SMILES string of the molecule is CCNC(C)(CCn1nc(C)c(Br)c1C)C(=O)OCC. The summed E-state index contributed by atoms with van der Waals surface area (Å²) in [5.74, 6) is -0.206. The Labute approximate surface area is 129 Å². The van der Waals surface area contributed by atoms with Gasteiger partial charge in [-0.3, -0.25) is 9.48 Å².